The van der Waals surface area contributed by atoms with E-state index in [1.807, 2.05) is 12.1 Å². The molecule has 0 unspecified atom stereocenters. The van der Waals surface area contributed by atoms with Gasteiger partial charge in [-0.25, -0.2) is 0 Å². The van der Waals surface area contributed by atoms with Crippen molar-refractivity contribution in [2.45, 2.75) is 5.41 Å². The molecule has 0 bridgehead atoms. The maximum absolute atomic E-state index is 6.46. The number of nitrogen functional groups attached to an aromatic ring is 1. The molecular formula is C35H23BN2. The summed E-state index contributed by atoms with van der Waals surface area (Å²) in [6, 6.07) is 45.4. The molecule has 1 spiro atoms. The molecule has 2 N–H and O–H groups in total. The fraction of sp³-hybridized carbons (Fsp3) is 0.0286. The van der Waals surface area contributed by atoms with Gasteiger partial charge in [-0.05, 0) is 80.6 Å². The molecule has 1 aliphatic carbocycles. The Kier molecular flexibility index (Phi) is 4.28. The predicted octanol–water partition coefficient (Wildman–Crippen LogP) is 7.36. The topological polar surface area (TPSA) is 29.3 Å². The molecule has 2 aliphatic rings. The molecule has 6 aromatic rings. The molecule has 38 heavy (non-hydrogen) atoms. The van der Waals surface area contributed by atoms with Gasteiger partial charge in [-0.2, -0.15) is 0 Å². The van der Waals surface area contributed by atoms with Gasteiger partial charge in [0.15, 0.2) is 0 Å². The maximum atomic E-state index is 6.46. The molecule has 176 valence electrons. The molecule has 0 atom stereocenters. The Morgan fingerprint density at radius 2 is 1.13 bits per heavy atom. The van der Waals surface area contributed by atoms with E-state index in [2.05, 4.69) is 120 Å². The molecule has 0 saturated heterocycles. The lowest BCUT2D eigenvalue weighted by molar-refractivity contribution is 0.753. The van der Waals surface area contributed by atoms with Crippen LogP contribution in [0.15, 0.2) is 127 Å². The average molecular weight is 482 g/mol. The first kappa shape index (κ1) is 21.3. The van der Waals surface area contributed by atoms with Gasteiger partial charge in [0, 0.05) is 11.4 Å². The highest BCUT2D eigenvalue weighted by Gasteiger charge is 2.51. The zero-order chi connectivity index (χ0) is 25.4. The van der Waals surface area contributed by atoms with Crippen molar-refractivity contribution in [1.82, 2.24) is 0 Å². The molecule has 8 rings (SSSR count). The lowest BCUT2D eigenvalue weighted by atomic mass is 9.64. The molecular weight excluding hydrogens is 459 g/mol. The van der Waals surface area contributed by atoms with Gasteiger partial charge in [0.2, 0.25) is 0 Å². The predicted molar refractivity (Wildman–Crippen MR) is 159 cm³/mol. The molecule has 2 nitrogen and oxygen atoms in total. The van der Waals surface area contributed by atoms with Gasteiger partial charge < -0.3 is 10.6 Å². The van der Waals surface area contributed by atoms with Crippen LogP contribution in [0.2, 0.25) is 0 Å². The minimum absolute atomic E-state index is 0.532. The summed E-state index contributed by atoms with van der Waals surface area (Å²) in [5, 5.41) is 2.45. The third-order valence-electron chi connectivity index (χ3n) is 8.27. The molecule has 0 fully saturated rings. The van der Waals surface area contributed by atoms with Crippen molar-refractivity contribution >= 4 is 46.8 Å². The molecule has 0 saturated carbocycles. The Bertz CT molecular complexity index is 1820. The van der Waals surface area contributed by atoms with Crippen LogP contribution in [-0.4, -0.2) is 7.85 Å². The number of benzene rings is 6. The monoisotopic (exact) mass is 482 g/mol. The summed E-state index contributed by atoms with van der Waals surface area (Å²) in [7, 11) is 6.46. The Balaban J connectivity index is 1.51. The summed E-state index contributed by atoms with van der Waals surface area (Å²) in [4.78, 5) is 2.40. The van der Waals surface area contributed by atoms with Crippen molar-refractivity contribution in [3.8, 4) is 11.1 Å². The van der Waals surface area contributed by atoms with E-state index in [9.17, 15) is 0 Å². The first-order valence-electron chi connectivity index (χ1n) is 12.9. The number of nitrogens with two attached hydrogens (primary N) is 1. The van der Waals surface area contributed by atoms with E-state index in [-0.39, 0.29) is 0 Å². The van der Waals surface area contributed by atoms with E-state index in [4.69, 9.17) is 13.6 Å². The second-order valence-corrected chi connectivity index (χ2v) is 10.3. The lowest BCUT2D eigenvalue weighted by Gasteiger charge is -2.45. The summed E-state index contributed by atoms with van der Waals surface area (Å²) in [5.74, 6) is 0. The van der Waals surface area contributed by atoms with Gasteiger partial charge >= 0.3 is 0 Å². The number of nitrogens with zero attached hydrogens (tertiary/aromatic N) is 1. The first-order chi connectivity index (χ1) is 18.7. The van der Waals surface area contributed by atoms with Gasteiger partial charge in [0.25, 0.3) is 0 Å². The quantitative estimate of drug-likeness (QED) is 0.196. The van der Waals surface area contributed by atoms with Crippen LogP contribution in [-0.2, 0) is 5.41 Å². The summed E-state index contributed by atoms with van der Waals surface area (Å²) >= 11 is 0. The first-order valence-corrected chi connectivity index (χ1v) is 12.9. The Morgan fingerprint density at radius 3 is 1.87 bits per heavy atom. The summed E-state index contributed by atoms with van der Waals surface area (Å²) in [6.45, 7) is 0. The van der Waals surface area contributed by atoms with E-state index in [0.717, 1.165) is 28.2 Å². The highest BCUT2D eigenvalue weighted by molar-refractivity contribution is 6.32. The number of hydrogen-bond donors (Lipinski definition) is 1. The zero-order valence-electron chi connectivity index (χ0n) is 20.7. The second kappa shape index (κ2) is 7.63. The fourth-order valence-corrected chi connectivity index (χ4v) is 6.78. The van der Waals surface area contributed by atoms with Crippen LogP contribution in [0, 0.1) is 0 Å². The Morgan fingerprint density at radius 1 is 0.526 bits per heavy atom. The number of anilines is 4. The molecule has 0 aromatic heterocycles. The van der Waals surface area contributed by atoms with E-state index in [1.165, 1.54) is 44.2 Å². The van der Waals surface area contributed by atoms with Crippen molar-refractivity contribution in [1.29, 1.82) is 0 Å². The molecule has 6 aromatic carbocycles. The average Bonchev–Trinajstić information content (AvgIpc) is 3.22. The zero-order valence-corrected chi connectivity index (χ0v) is 20.7. The molecule has 1 heterocycles. The van der Waals surface area contributed by atoms with E-state index in [1.54, 1.807) is 0 Å². The van der Waals surface area contributed by atoms with Crippen molar-refractivity contribution in [3.63, 3.8) is 0 Å². The minimum atomic E-state index is -0.532. The minimum Gasteiger partial charge on any atom is -0.399 e. The molecule has 0 amide bonds. The van der Waals surface area contributed by atoms with Crippen LogP contribution in [0.25, 0.3) is 21.9 Å². The van der Waals surface area contributed by atoms with Gasteiger partial charge in [0.05, 0.1) is 16.8 Å². The third-order valence-corrected chi connectivity index (χ3v) is 8.27. The van der Waals surface area contributed by atoms with Crippen molar-refractivity contribution in [2.75, 3.05) is 10.6 Å². The SMILES string of the molecule is [B]c1ccc2c(c1)C1(c3cc(N)ccc3-2)c2ccccc2N(c2ccc3ccccc3c2)c2ccccc21. The lowest BCUT2D eigenvalue weighted by Crippen LogP contribution is -2.36. The smallest absolute Gasteiger partial charge is 0.113 e. The van der Waals surface area contributed by atoms with Crippen LogP contribution >= 0.6 is 0 Å². The highest BCUT2D eigenvalue weighted by atomic mass is 15.2. The van der Waals surface area contributed by atoms with Crippen LogP contribution in [0.4, 0.5) is 22.7 Å². The number of hydrogen-bond acceptors (Lipinski definition) is 2. The van der Waals surface area contributed by atoms with Crippen molar-refractivity contribution in [3.05, 3.63) is 150 Å². The van der Waals surface area contributed by atoms with Gasteiger partial charge in [-0.15, -0.1) is 0 Å². The van der Waals surface area contributed by atoms with E-state index >= 15 is 0 Å². The fourth-order valence-electron chi connectivity index (χ4n) is 6.78. The van der Waals surface area contributed by atoms with Crippen LogP contribution in [0.1, 0.15) is 22.3 Å². The third kappa shape index (κ3) is 2.68. The Hall–Kier alpha value is -4.76. The Labute approximate surface area is 223 Å². The van der Waals surface area contributed by atoms with E-state index < -0.39 is 5.41 Å². The standard InChI is InChI=1S/C35H23BN2/c36-24-14-17-27-28-18-15-25(37)21-32(28)35(31(27)20-24)29-9-3-5-11-33(29)38(34-12-6-4-10-30(34)35)26-16-13-22-7-1-2-8-23(22)19-26/h1-21H,37H2. The van der Waals surface area contributed by atoms with Gasteiger partial charge in [-0.3, -0.25) is 0 Å². The normalized spacial score (nSPS) is 14.2. The van der Waals surface area contributed by atoms with Crippen molar-refractivity contribution in [2.24, 2.45) is 0 Å². The van der Waals surface area contributed by atoms with E-state index in [0.29, 0.717) is 0 Å². The highest BCUT2D eigenvalue weighted by Crippen LogP contribution is 2.63. The number of para-hydroxylation sites is 2. The van der Waals surface area contributed by atoms with Crippen LogP contribution in [0.3, 0.4) is 0 Å². The second-order valence-electron chi connectivity index (χ2n) is 10.3. The molecule has 1 aliphatic heterocycles. The van der Waals surface area contributed by atoms with Crippen LogP contribution in [0.5, 0.6) is 0 Å². The maximum Gasteiger partial charge on any atom is 0.113 e. The molecule has 3 heteroatoms. The largest absolute Gasteiger partial charge is 0.399 e. The number of rotatable bonds is 1. The van der Waals surface area contributed by atoms with Gasteiger partial charge in [0.1, 0.15) is 7.85 Å². The summed E-state index contributed by atoms with van der Waals surface area (Å²) in [5.41, 5.74) is 18.2. The number of fused-ring (bicyclic) bond motifs is 10. The van der Waals surface area contributed by atoms with Crippen LogP contribution < -0.4 is 16.1 Å². The van der Waals surface area contributed by atoms with Crippen molar-refractivity contribution < 1.29 is 0 Å². The molecule has 2 radical (unpaired) electrons. The summed E-state index contributed by atoms with van der Waals surface area (Å²) < 4.78 is 0. The summed E-state index contributed by atoms with van der Waals surface area (Å²) in [6.07, 6.45) is 0. The van der Waals surface area contributed by atoms with Gasteiger partial charge in [-0.1, -0.05) is 96.5 Å².